The number of nitro groups is 1. The summed E-state index contributed by atoms with van der Waals surface area (Å²) in [6.45, 7) is 2.67. The predicted octanol–water partition coefficient (Wildman–Crippen LogP) is 4.39. The Labute approximate surface area is 171 Å². The van der Waals surface area contributed by atoms with Gasteiger partial charge in [-0.25, -0.2) is 0 Å². The molecule has 1 aliphatic rings. The number of hydrogen-bond acceptors (Lipinski definition) is 5. The maximum atomic E-state index is 12.4. The van der Waals surface area contributed by atoms with Gasteiger partial charge in [0.05, 0.1) is 29.5 Å². The molecular weight excluding hydrogens is 405 g/mol. The average Bonchev–Trinajstić information content (AvgIpc) is 2.68. The monoisotopic (exact) mass is 421 g/mol. The molecule has 1 fully saturated rings. The minimum atomic E-state index is -0.569. The van der Waals surface area contributed by atoms with E-state index in [9.17, 15) is 14.9 Å². The number of carbonyl (C=O) groups excluding carboxylic acids is 1. The summed E-state index contributed by atoms with van der Waals surface area (Å²) >= 11 is 11.9. The van der Waals surface area contributed by atoms with Crippen LogP contribution in [0.2, 0.25) is 10.0 Å². The first-order chi connectivity index (χ1) is 13.4. The van der Waals surface area contributed by atoms with Gasteiger partial charge in [0.25, 0.3) is 5.69 Å². The van der Waals surface area contributed by atoms with E-state index in [1.54, 1.807) is 18.2 Å². The van der Waals surface area contributed by atoms with E-state index in [0.29, 0.717) is 29.5 Å². The zero-order valence-electron chi connectivity index (χ0n) is 14.7. The first-order valence-corrected chi connectivity index (χ1v) is 9.25. The minimum Gasteiger partial charge on any atom is -0.378 e. The van der Waals surface area contributed by atoms with Crippen molar-refractivity contribution in [3.63, 3.8) is 0 Å². The average molecular weight is 422 g/mol. The van der Waals surface area contributed by atoms with Crippen LogP contribution in [0.5, 0.6) is 0 Å². The molecule has 0 aromatic heterocycles. The molecule has 2 aromatic carbocycles. The first kappa shape index (κ1) is 20.1. The molecule has 1 aliphatic heterocycles. The third kappa shape index (κ3) is 5.01. The van der Waals surface area contributed by atoms with Gasteiger partial charge in [-0.2, -0.15) is 0 Å². The van der Waals surface area contributed by atoms with Gasteiger partial charge >= 0.3 is 0 Å². The van der Waals surface area contributed by atoms with Crippen LogP contribution in [0.25, 0.3) is 6.08 Å². The van der Waals surface area contributed by atoms with E-state index in [1.807, 2.05) is 6.07 Å². The van der Waals surface area contributed by atoms with Gasteiger partial charge in [-0.05, 0) is 35.9 Å². The number of ether oxygens (including phenoxy) is 1. The lowest BCUT2D eigenvalue weighted by molar-refractivity contribution is -0.384. The summed E-state index contributed by atoms with van der Waals surface area (Å²) in [5, 5.41) is 14.3. The fourth-order valence-corrected chi connectivity index (χ4v) is 3.17. The number of nitro benzene ring substituents is 1. The molecule has 1 amide bonds. The molecule has 0 unspecified atom stereocenters. The van der Waals surface area contributed by atoms with Gasteiger partial charge in [0.15, 0.2) is 0 Å². The molecule has 28 heavy (non-hydrogen) atoms. The van der Waals surface area contributed by atoms with Gasteiger partial charge in [-0.1, -0.05) is 29.3 Å². The Morgan fingerprint density at radius 2 is 1.93 bits per heavy atom. The van der Waals surface area contributed by atoms with E-state index in [4.69, 9.17) is 27.9 Å². The molecule has 1 N–H and O–H groups in total. The molecule has 7 nitrogen and oxygen atoms in total. The number of morpholine rings is 1. The second-order valence-electron chi connectivity index (χ2n) is 6.05. The van der Waals surface area contributed by atoms with Crippen LogP contribution in [0, 0.1) is 10.1 Å². The molecular formula is C19H17Cl2N3O4. The molecule has 0 aliphatic carbocycles. The van der Waals surface area contributed by atoms with Crippen LogP contribution >= 0.6 is 23.2 Å². The van der Waals surface area contributed by atoms with Crippen LogP contribution in [-0.4, -0.2) is 37.1 Å². The third-order valence-electron chi connectivity index (χ3n) is 4.16. The number of anilines is 2. The SMILES string of the molecule is O=C(C=Cc1ccc(Cl)c([N+](=O)[O-])c1)Nc1cc(Cl)ccc1N1CCOCC1. The second kappa shape index (κ2) is 9.05. The van der Waals surface area contributed by atoms with Crippen molar-refractivity contribution in [2.24, 2.45) is 0 Å². The Morgan fingerprint density at radius 1 is 1.18 bits per heavy atom. The van der Waals surface area contributed by atoms with E-state index < -0.39 is 4.92 Å². The molecule has 0 radical (unpaired) electrons. The van der Waals surface area contributed by atoms with Gasteiger partial charge in [0.2, 0.25) is 5.91 Å². The number of rotatable bonds is 5. The van der Waals surface area contributed by atoms with Crippen LogP contribution in [-0.2, 0) is 9.53 Å². The number of nitrogens with zero attached hydrogens (tertiary/aromatic N) is 2. The highest BCUT2D eigenvalue weighted by molar-refractivity contribution is 6.32. The molecule has 0 spiro atoms. The lowest BCUT2D eigenvalue weighted by atomic mass is 10.2. The lowest BCUT2D eigenvalue weighted by Gasteiger charge is -2.30. The maximum absolute atomic E-state index is 12.4. The number of hydrogen-bond donors (Lipinski definition) is 1. The van der Waals surface area contributed by atoms with Crippen molar-refractivity contribution in [3.05, 3.63) is 68.2 Å². The molecule has 0 saturated carbocycles. The molecule has 9 heteroatoms. The Hall–Kier alpha value is -2.61. The van der Waals surface area contributed by atoms with Crippen molar-refractivity contribution in [1.29, 1.82) is 0 Å². The summed E-state index contributed by atoms with van der Waals surface area (Å²) in [7, 11) is 0. The Bertz CT molecular complexity index is 927. The number of benzene rings is 2. The van der Waals surface area contributed by atoms with Crippen molar-refractivity contribution < 1.29 is 14.5 Å². The van der Waals surface area contributed by atoms with Gasteiger partial charge in [-0.15, -0.1) is 0 Å². The molecule has 1 saturated heterocycles. The largest absolute Gasteiger partial charge is 0.378 e. The summed E-state index contributed by atoms with van der Waals surface area (Å²) in [5.41, 5.74) is 1.72. The van der Waals surface area contributed by atoms with Gasteiger partial charge in [-0.3, -0.25) is 14.9 Å². The third-order valence-corrected chi connectivity index (χ3v) is 4.72. The van der Waals surface area contributed by atoms with E-state index in [2.05, 4.69) is 10.2 Å². The topological polar surface area (TPSA) is 84.7 Å². The van der Waals surface area contributed by atoms with Gasteiger partial charge < -0.3 is 15.0 Å². The summed E-state index contributed by atoms with van der Waals surface area (Å²) in [6, 6.07) is 9.64. The molecule has 0 bridgehead atoms. The Morgan fingerprint density at radius 3 is 2.64 bits per heavy atom. The zero-order chi connectivity index (χ0) is 20.1. The van der Waals surface area contributed by atoms with E-state index >= 15 is 0 Å². The van der Waals surface area contributed by atoms with Crippen molar-refractivity contribution in [1.82, 2.24) is 0 Å². The highest BCUT2D eigenvalue weighted by Gasteiger charge is 2.16. The molecule has 146 valence electrons. The van der Waals surface area contributed by atoms with Crippen LogP contribution < -0.4 is 10.2 Å². The number of amides is 1. The summed E-state index contributed by atoms with van der Waals surface area (Å²) in [6.07, 6.45) is 2.79. The Kier molecular flexibility index (Phi) is 6.51. The van der Waals surface area contributed by atoms with Crippen LogP contribution in [0.1, 0.15) is 5.56 Å². The molecule has 3 rings (SSSR count). The summed E-state index contributed by atoms with van der Waals surface area (Å²) in [4.78, 5) is 24.9. The first-order valence-electron chi connectivity index (χ1n) is 8.49. The van der Waals surface area contributed by atoms with E-state index in [-0.39, 0.29) is 16.6 Å². The van der Waals surface area contributed by atoms with E-state index in [0.717, 1.165) is 18.8 Å². The highest BCUT2D eigenvalue weighted by atomic mass is 35.5. The van der Waals surface area contributed by atoms with Crippen LogP contribution in [0.4, 0.5) is 17.1 Å². The normalized spacial score (nSPS) is 14.3. The highest BCUT2D eigenvalue weighted by Crippen LogP contribution is 2.30. The molecule has 1 heterocycles. The maximum Gasteiger partial charge on any atom is 0.288 e. The molecule has 2 aromatic rings. The second-order valence-corrected chi connectivity index (χ2v) is 6.90. The fraction of sp³-hybridized carbons (Fsp3) is 0.211. The minimum absolute atomic E-state index is 0.0423. The van der Waals surface area contributed by atoms with Crippen molar-refractivity contribution in [2.75, 3.05) is 36.5 Å². The Balaban J connectivity index is 1.76. The van der Waals surface area contributed by atoms with Crippen molar-refractivity contribution in [2.45, 2.75) is 0 Å². The van der Waals surface area contributed by atoms with E-state index in [1.165, 1.54) is 24.3 Å². The quantitative estimate of drug-likeness (QED) is 0.439. The lowest BCUT2D eigenvalue weighted by Crippen LogP contribution is -2.36. The van der Waals surface area contributed by atoms with Gasteiger partial charge in [0.1, 0.15) is 5.02 Å². The van der Waals surface area contributed by atoms with Crippen LogP contribution in [0.15, 0.2) is 42.5 Å². The predicted molar refractivity (Wildman–Crippen MR) is 110 cm³/mol. The fourth-order valence-electron chi connectivity index (χ4n) is 2.81. The summed E-state index contributed by atoms with van der Waals surface area (Å²) < 4.78 is 5.36. The number of nitrogens with one attached hydrogen (secondary N) is 1. The van der Waals surface area contributed by atoms with Crippen LogP contribution in [0.3, 0.4) is 0 Å². The van der Waals surface area contributed by atoms with Crippen molar-refractivity contribution in [3.8, 4) is 0 Å². The van der Waals surface area contributed by atoms with Gasteiger partial charge in [0, 0.05) is 30.3 Å². The standard InChI is InChI=1S/C19H17Cl2N3O4/c20-14-3-5-17(23-7-9-28-10-8-23)16(12-14)22-19(25)6-2-13-1-4-15(21)18(11-13)24(26)27/h1-6,11-12H,7-10H2,(H,22,25). The zero-order valence-corrected chi connectivity index (χ0v) is 16.2. The van der Waals surface area contributed by atoms with Crippen molar-refractivity contribution >= 4 is 52.2 Å². The summed E-state index contributed by atoms with van der Waals surface area (Å²) in [5.74, 6) is -0.380. The number of halogens is 2. The smallest absolute Gasteiger partial charge is 0.288 e. The number of carbonyl (C=O) groups is 1. The molecule has 0 atom stereocenters.